The summed E-state index contributed by atoms with van der Waals surface area (Å²) in [6.07, 6.45) is 3.73. The van der Waals surface area contributed by atoms with Gasteiger partial charge in [-0.15, -0.1) is 0 Å². The van der Waals surface area contributed by atoms with Crippen LogP contribution in [0.5, 0.6) is 5.88 Å². The molecule has 1 aliphatic carbocycles. The number of unbranched alkanes of at least 4 members (excludes halogenated alkanes) is 1. The Balaban J connectivity index is 1.61. The first kappa shape index (κ1) is 30.7. The van der Waals surface area contributed by atoms with Gasteiger partial charge >= 0.3 is 0 Å². The number of amides is 1. The lowest BCUT2D eigenvalue weighted by Crippen LogP contribution is -2.34. The van der Waals surface area contributed by atoms with Crippen molar-refractivity contribution >= 4 is 15.7 Å². The number of nitrogens with zero attached hydrogens (tertiary/aromatic N) is 3. The van der Waals surface area contributed by atoms with Gasteiger partial charge in [-0.2, -0.15) is 10.2 Å². The van der Waals surface area contributed by atoms with Gasteiger partial charge in [0.1, 0.15) is 5.82 Å². The van der Waals surface area contributed by atoms with Gasteiger partial charge in [0.05, 0.1) is 29.0 Å². The minimum Gasteiger partial charge on any atom is -0.492 e. The van der Waals surface area contributed by atoms with Crippen LogP contribution in [-0.4, -0.2) is 36.0 Å². The van der Waals surface area contributed by atoms with Crippen LogP contribution in [0.4, 0.5) is 0 Å². The third-order valence-corrected chi connectivity index (χ3v) is 9.77. The summed E-state index contributed by atoms with van der Waals surface area (Å²) >= 11 is 0. The Hall–Kier alpha value is -4.75. The van der Waals surface area contributed by atoms with Crippen LogP contribution >= 0.6 is 0 Å². The zero-order valence-electron chi connectivity index (χ0n) is 24.7. The molecule has 44 heavy (non-hydrogen) atoms. The smallest absolute Gasteiger partial charge is 0.277 e. The zero-order chi connectivity index (χ0) is 31.4. The Morgan fingerprint density at radius 3 is 2.50 bits per heavy atom. The lowest BCUT2D eigenvalue weighted by Gasteiger charge is -2.24. The standard InChI is InChI=1S/C34H34N4O5S/c1-3-4-12-29-37-33(40)32(34(41)38(29)31(24-13-14-24)26-10-7-8-22(19-26)21-35)44(42,43)27-17-15-23(16-18-27)28-11-6-5-9-25(28)20-30(39)36-2/h5-11,15-19,24,31,40H,3-4,12-14,20H2,1-2H3,(H,36,39)/t31-/m0/s1. The SMILES string of the molecule is CCCCc1nc(O)c(S(=O)(=O)c2ccc(-c3ccccc3CC(=O)NC)cc2)c(=O)n1[C@H](c1cccc(C#N)c1)C1CC1. The average Bonchev–Trinajstić information content (AvgIpc) is 3.87. The lowest BCUT2D eigenvalue weighted by atomic mass is 9.97. The van der Waals surface area contributed by atoms with E-state index in [4.69, 9.17) is 0 Å². The molecular weight excluding hydrogens is 576 g/mol. The number of hydrogen-bond donors (Lipinski definition) is 2. The number of carbonyl (C=O) groups is 1. The Morgan fingerprint density at radius 2 is 1.84 bits per heavy atom. The topological polar surface area (TPSA) is 142 Å². The van der Waals surface area contributed by atoms with Gasteiger partial charge in [0.15, 0.2) is 4.90 Å². The molecule has 9 nitrogen and oxygen atoms in total. The van der Waals surface area contributed by atoms with Crippen LogP contribution in [0.15, 0.2) is 87.4 Å². The third kappa shape index (κ3) is 6.15. The maximum atomic E-state index is 14.2. The van der Waals surface area contributed by atoms with E-state index in [1.807, 2.05) is 37.3 Å². The second kappa shape index (κ2) is 12.9. The molecule has 0 unspecified atom stereocenters. The molecule has 1 saturated carbocycles. The molecule has 2 N–H and O–H groups in total. The summed E-state index contributed by atoms with van der Waals surface area (Å²) in [5, 5.41) is 23.1. The highest BCUT2D eigenvalue weighted by molar-refractivity contribution is 7.91. The van der Waals surface area contributed by atoms with Gasteiger partial charge in [0, 0.05) is 13.5 Å². The van der Waals surface area contributed by atoms with Crippen LogP contribution in [0, 0.1) is 17.2 Å². The van der Waals surface area contributed by atoms with Gasteiger partial charge in [-0.25, -0.2) is 8.42 Å². The predicted molar refractivity (Wildman–Crippen MR) is 166 cm³/mol. The summed E-state index contributed by atoms with van der Waals surface area (Å²) in [5.41, 5.74) is 2.59. The van der Waals surface area contributed by atoms with Crippen LogP contribution in [0.3, 0.4) is 0 Å². The Morgan fingerprint density at radius 1 is 1.11 bits per heavy atom. The summed E-state index contributed by atoms with van der Waals surface area (Å²) in [5.74, 6) is -0.589. The van der Waals surface area contributed by atoms with E-state index in [0.717, 1.165) is 36.0 Å². The minimum absolute atomic E-state index is 0.0676. The molecule has 0 radical (unpaired) electrons. The number of aromatic nitrogens is 2. The van der Waals surface area contributed by atoms with Gasteiger partial charge in [0.25, 0.3) is 5.56 Å². The summed E-state index contributed by atoms with van der Waals surface area (Å²) in [6, 6.07) is 22.0. The quantitative estimate of drug-likeness (QED) is 0.245. The van der Waals surface area contributed by atoms with Crippen LogP contribution in [0.25, 0.3) is 11.1 Å². The first-order valence-corrected chi connectivity index (χ1v) is 16.2. The molecule has 10 heteroatoms. The van der Waals surface area contributed by atoms with E-state index in [2.05, 4.69) is 16.4 Å². The number of aryl methyl sites for hydroxylation is 1. The summed E-state index contributed by atoms with van der Waals surface area (Å²) in [6.45, 7) is 2.00. The van der Waals surface area contributed by atoms with Gasteiger partial charge < -0.3 is 10.4 Å². The fraction of sp³-hybridized carbons (Fsp3) is 0.294. The molecule has 226 valence electrons. The van der Waals surface area contributed by atoms with Crippen LogP contribution < -0.4 is 10.9 Å². The molecular formula is C34H34N4O5S. The number of benzene rings is 3. The van der Waals surface area contributed by atoms with E-state index in [0.29, 0.717) is 29.8 Å². The number of hydrogen-bond acceptors (Lipinski definition) is 7. The van der Waals surface area contributed by atoms with E-state index in [1.165, 1.54) is 16.7 Å². The van der Waals surface area contributed by atoms with Crippen molar-refractivity contribution in [1.82, 2.24) is 14.9 Å². The van der Waals surface area contributed by atoms with Gasteiger partial charge in [-0.1, -0.05) is 61.9 Å². The fourth-order valence-corrected chi connectivity index (χ4v) is 6.91. The molecule has 0 spiro atoms. The maximum absolute atomic E-state index is 14.2. The molecule has 1 atom stereocenters. The molecule has 3 aromatic carbocycles. The molecule has 0 aliphatic heterocycles. The van der Waals surface area contributed by atoms with E-state index in [-0.39, 0.29) is 23.1 Å². The second-order valence-corrected chi connectivity index (χ2v) is 12.9. The van der Waals surface area contributed by atoms with E-state index < -0.39 is 32.2 Å². The van der Waals surface area contributed by atoms with Crippen molar-refractivity contribution in [3.05, 3.63) is 106 Å². The largest absolute Gasteiger partial charge is 0.492 e. The second-order valence-electron chi connectivity index (χ2n) is 11.0. The highest BCUT2D eigenvalue weighted by Gasteiger charge is 2.38. The zero-order valence-corrected chi connectivity index (χ0v) is 25.5. The summed E-state index contributed by atoms with van der Waals surface area (Å²) in [4.78, 5) is 29.6. The highest BCUT2D eigenvalue weighted by atomic mass is 32.2. The summed E-state index contributed by atoms with van der Waals surface area (Å²) in [7, 11) is -2.92. The molecule has 1 fully saturated rings. The molecule has 1 aliphatic rings. The lowest BCUT2D eigenvalue weighted by molar-refractivity contribution is -0.119. The number of nitrogens with one attached hydrogen (secondary N) is 1. The third-order valence-electron chi connectivity index (χ3n) is 7.98. The number of aromatic hydroxyl groups is 1. The number of sulfone groups is 1. The first-order chi connectivity index (χ1) is 21.2. The Bertz CT molecular complexity index is 1910. The van der Waals surface area contributed by atoms with E-state index in [9.17, 15) is 28.4 Å². The molecule has 0 saturated heterocycles. The van der Waals surface area contributed by atoms with Crippen molar-refractivity contribution in [1.29, 1.82) is 5.26 Å². The van der Waals surface area contributed by atoms with Crippen molar-refractivity contribution < 1.29 is 18.3 Å². The molecule has 1 aromatic heterocycles. The van der Waals surface area contributed by atoms with E-state index >= 15 is 0 Å². The van der Waals surface area contributed by atoms with Gasteiger partial charge in [-0.3, -0.25) is 14.2 Å². The monoisotopic (exact) mass is 610 g/mol. The van der Waals surface area contributed by atoms with Crippen molar-refractivity contribution in [3.63, 3.8) is 0 Å². The van der Waals surface area contributed by atoms with Crippen LogP contribution in [0.1, 0.15) is 61.2 Å². The molecule has 1 amide bonds. The van der Waals surface area contributed by atoms with Crippen molar-refractivity contribution in [2.45, 2.75) is 61.3 Å². The normalized spacial score (nSPS) is 13.7. The average molecular weight is 611 g/mol. The maximum Gasteiger partial charge on any atom is 0.277 e. The highest BCUT2D eigenvalue weighted by Crippen LogP contribution is 2.44. The van der Waals surface area contributed by atoms with Crippen molar-refractivity contribution in [3.8, 4) is 23.1 Å². The van der Waals surface area contributed by atoms with Crippen molar-refractivity contribution in [2.24, 2.45) is 5.92 Å². The number of likely N-dealkylation sites (N-methyl/N-ethyl adjacent to an activating group) is 1. The van der Waals surface area contributed by atoms with Crippen LogP contribution in [-0.2, 0) is 27.5 Å². The minimum atomic E-state index is -4.49. The molecule has 5 rings (SSSR count). The Labute approximate surface area is 256 Å². The number of carbonyl (C=O) groups excluding carboxylic acids is 1. The van der Waals surface area contributed by atoms with Gasteiger partial charge in [0.2, 0.25) is 21.6 Å². The van der Waals surface area contributed by atoms with E-state index in [1.54, 1.807) is 37.4 Å². The van der Waals surface area contributed by atoms with Crippen molar-refractivity contribution in [2.75, 3.05) is 7.05 Å². The molecule has 1 heterocycles. The predicted octanol–water partition coefficient (Wildman–Crippen LogP) is 4.95. The van der Waals surface area contributed by atoms with Crippen LogP contribution in [0.2, 0.25) is 0 Å². The van der Waals surface area contributed by atoms with Gasteiger partial charge in [-0.05, 0) is 71.7 Å². The fourth-order valence-electron chi connectivity index (χ4n) is 5.57. The first-order valence-electron chi connectivity index (χ1n) is 14.7. The summed E-state index contributed by atoms with van der Waals surface area (Å²) < 4.78 is 29.4. The number of rotatable bonds is 11. The number of nitriles is 1. The molecule has 0 bridgehead atoms. The Kier molecular flexibility index (Phi) is 8.97. The molecule has 4 aromatic rings.